The summed E-state index contributed by atoms with van der Waals surface area (Å²) in [6, 6.07) is 35.8. The number of furan rings is 1. The largest absolute Gasteiger partial charge is 0.455 e. The molecule has 0 saturated carbocycles. The Morgan fingerprint density at radius 1 is 0.656 bits per heavy atom. The van der Waals surface area contributed by atoms with Crippen molar-refractivity contribution < 1.29 is 4.42 Å². The van der Waals surface area contributed by atoms with Crippen molar-refractivity contribution in [1.82, 2.24) is 9.55 Å². The van der Waals surface area contributed by atoms with Gasteiger partial charge in [0.05, 0.1) is 27.6 Å². The van der Waals surface area contributed by atoms with Gasteiger partial charge in [-0.25, -0.2) is 0 Å². The molecule has 0 aliphatic heterocycles. The van der Waals surface area contributed by atoms with Gasteiger partial charge in [-0.2, -0.15) is 0 Å². The Balaban J connectivity index is 1.62. The van der Waals surface area contributed by atoms with Gasteiger partial charge in [0.25, 0.3) is 0 Å². The van der Waals surface area contributed by atoms with E-state index in [4.69, 9.17) is 4.42 Å². The van der Waals surface area contributed by atoms with Crippen LogP contribution in [0, 0.1) is 0 Å². The zero-order chi connectivity index (χ0) is 21.1. The van der Waals surface area contributed by atoms with Crippen molar-refractivity contribution in [3.63, 3.8) is 0 Å². The van der Waals surface area contributed by atoms with Crippen molar-refractivity contribution in [2.75, 3.05) is 0 Å². The third-order valence-electron chi connectivity index (χ3n) is 6.24. The monoisotopic (exact) mass is 410 g/mol. The molecule has 0 bridgehead atoms. The van der Waals surface area contributed by atoms with Crippen molar-refractivity contribution in [1.29, 1.82) is 0 Å². The SMILES string of the molecule is c1ccc(-c2cc3ccc4c(c5ccccc5n4-c4cccc5ncccc45)c3o2)cc1. The summed E-state index contributed by atoms with van der Waals surface area (Å²) in [5.41, 5.74) is 6.40. The van der Waals surface area contributed by atoms with Gasteiger partial charge in [0, 0.05) is 27.9 Å². The van der Waals surface area contributed by atoms with E-state index in [0.717, 1.165) is 55.3 Å². The first-order chi connectivity index (χ1) is 15.9. The van der Waals surface area contributed by atoms with Crippen LogP contribution in [-0.2, 0) is 0 Å². The molecule has 0 aliphatic rings. The molecule has 0 spiro atoms. The van der Waals surface area contributed by atoms with E-state index < -0.39 is 0 Å². The molecule has 0 amide bonds. The average Bonchev–Trinajstić information content (AvgIpc) is 3.43. The van der Waals surface area contributed by atoms with Crippen molar-refractivity contribution in [3.05, 3.63) is 109 Å². The van der Waals surface area contributed by atoms with E-state index in [1.807, 2.05) is 30.5 Å². The highest BCUT2D eigenvalue weighted by atomic mass is 16.3. The number of nitrogens with zero attached hydrogens (tertiary/aromatic N) is 2. The fraction of sp³-hybridized carbons (Fsp3) is 0. The third-order valence-corrected chi connectivity index (χ3v) is 6.24. The van der Waals surface area contributed by atoms with E-state index in [-0.39, 0.29) is 0 Å². The van der Waals surface area contributed by atoms with E-state index in [1.54, 1.807) is 0 Å². The molecule has 0 unspecified atom stereocenters. The summed E-state index contributed by atoms with van der Waals surface area (Å²) in [7, 11) is 0. The maximum absolute atomic E-state index is 6.49. The van der Waals surface area contributed by atoms with E-state index in [2.05, 4.69) is 88.4 Å². The zero-order valence-corrected chi connectivity index (χ0v) is 17.2. The summed E-state index contributed by atoms with van der Waals surface area (Å²) in [5.74, 6) is 0.888. The van der Waals surface area contributed by atoms with E-state index >= 15 is 0 Å². The predicted octanol–water partition coefficient (Wildman–Crippen LogP) is 7.75. The Morgan fingerprint density at radius 3 is 2.44 bits per heavy atom. The predicted molar refractivity (Wildman–Crippen MR) is 131 cm³/mol. The minimum absolute atomic E-state index is 0.888. The van der Waals surface area contributed by atoms with Gasteiger partial charge >= 0.3 is 0 Å². The molecular weight excluding hydrogens is 392 g/mol. The molecule has 0 atom stereocenters. The van der Waals surface area contributed by atoms with Crippen LogP contribution in [0.1, 0.15) is 0 Å². The zero-order valence-electron chi connectivity index (χ0n) is 17.2. The lowest BCUT2D eigenvalue weighted by atomic mass is 10.1. The summed E-state index contributed by atoms with van der Waals surface area (Å²) in [6.45, 7) is 0. The highest BCUT2D eigenvalue weighted by Crippen LogP contribution is 2.40. The van der Waals surface area contributed by atoms with Crippen LogP contribution >= 0.6 is 0 Å². The van der Waals surface area contributed by atoms with Crippen molar-refractivity contribution in [3.8, 4) is 17.0 Å². The first-order valence-electron chi connectivity index (χ1n) is 10.7. The topological polar surface area (TPSA) is 31.0 Å². The van der Waals surface area contributed by atoms with Crippen molar-refractivity contribution >= 4 is 43.7 Å². The quantitative estimate of drug-likeness (QED) is 0.292. The minimum Gasteiger partial charge on any atom is -0.455 e. The Kier molecular flexibility index (Phi) is 3.55. The molecule has 0 N–H and O–H groups in total. The molecule has 0 radical (unpaired) electrons. The van der Waals surface area contributed by atoms with E-state index in [9.17, 15) is 0 Å². The van der Waals surface area contributed by atoms with Crippen LogP contribution in [0.15, 0.2) is 114 Å². The number of rotatable bonds is 2. The first kappa shape index (κ1) is 17.3. The van der Waals surface area contributed by atoms with Crippen LogP contribution in [0.2, 0.25) is 0 Å². The van der Waals surface area contributed by atoms with Gasteiger partial charge in [0.2, 0.25) is 0 Å². The van der Waals surface area contributed by atoms with E-state index in [1.165, 1.54) is 5.39 Å². The molecule has 7 aromatic rings. The molecule has 0 saturated heterocycles. The van der Waals surface area contributed by atoms with Crippen LogP contribution in [0.5, 0.6) is 0 Å². The van der Waals surface area contributed by atoms with Crippen LogP contribution < -0.4 is 0 Å². The van der Waals surface area contributed by atoms with Crippen molar-refractivity contribution in [2.24, 2.45) is 0 Å². The standard InChI is InChI=1S/C29H18N2O/c1-2-8-19(9-3-1)27-18-20-15-16-26-28(29(20)32-27)22-10-4-5-13-25(22)31(26)24-14-6-12-23-21(24)11-7-17-30-23/h1-18H. The fourth-order valence-electron chi connectivity index (χ4n) is 4.84. The van der Waals surface area contributed by atoms with Gasteiger partial charge in [-0.3, -0.25) is 4.98 Å². The summed E-state index contributed by atoms with van der Waals surface area (Å²) in [4.78, 5) is 4.57. The van der Waals surface area contributed by atoms with E-state index in [0.29, 0.717) is 0 Å². The van der Waals surface area contributed by atoms with Gasteiger partial charge < -0.3 is 8.98 Å². The summed E-state index contributed by atoms with van der Waals surface area (Å²) in [6.07, 6.45) is 1.84. The minimum atomic E-state index is 0.888. The summed E-state index contributed by atoms with van der Waals surface area (Å²) < 4.78 is 8.82. The number of hydrogen-bond donors (Lipinski definition) is 0. The number of fused-ring (bicyclic) bond motifs is 6. The molecular formula is C29H18N2O. The Morgan fingerprint density at radius 2 is 1.50 bits per heavy atom. The first-order valence-corrected chi connectivity index (χ1v) is 10.7. The third kappa shape index (κ3) is 2.39. The van der Waals surface area contributed by atoms with Crippen LogP contribution in [0.4, 0.5) is 0 Å². The summed E-state index contributed by atoms with van der Waals surface area (Å²) >= 11 is 0. The Bertz CT molecular complexity index is 1770. The van der Waals surface area contributed by atoms with Gasteiger partial charge in [-0.05, 0) is 48.5 Å². The molecule has 4 aromatic carbocycles. The maximum Gasteiger partial charge on any atom is 0.144 e. The smallest absolute Gasteiger partial charge is 0.144 e. The van der Waals surface area contributed by atoms with Crippen LogP contribution in [0.25, 0.3) is 60.7 Å². The number of hydrogen-bond acceptors (Lipinski definition) is 2. The second-order valence-corrected chi connectivity index (χ2v) is 8.05. The van der Waals surface area contributed by atoms with Crippen molar-refractivity contribution in [2.45, 2.75) is 0 Å². The Hall–Kier alpha value is -4.37. The molecule has 0 aliphatic carbocycles. The van der Waals surface area contributed by atoms with Gasteiger partial charge in [-0.15, -0.1) is 0 Å². The highest BCUT2D eigenvalue weighted by Gasteiger charge is 2.18. The number of benzene rings is 4. The second kappa shape index (κ2) is 6.56. The lowest BCUT2D eigenvalue weighted by Crippen LogP contribution is -1.95. The lowest BCUT2D eigenvalue weighted by molar-refractivity contribution is 0.635. The molecule has 3 nitrogen and oxygen atoms in total. The molecule has 32 heavy (non-hydrogen) atoms. The second-order valence-electron chi connectivity index (χ2n) is 8.05. The van der Waals surface area contributed by atoms with Gasteiger partial charge in [0.1, 0.15) is 11.3 Å². The molecule has 0 fully saturated rings. The molecule has 7 rings (SSSR count). The fourth-order valence-corrected chi connectivity index (χ4v) is 4.84. The number of para-hydroxylation sites is 1. The Labute approximate surface area is 184 Å². The molecule has 3 heteroatoms. The highest BCUT2D eigenvalue weighted by molar-refractivity contribution is 6.20. The van der Waals surface area contributed by atoms with Crippen LogP contribution in [0.3, 0.4) is 0 Å². The molecule has 3 aromatic heterocycles. The van der Waals surface area contributed by atoms with Gasteiger partial charge in [-0.1, -0.05) is 54.6 Å². The lowest BCUT2D eigenvalue weighted by Gasteiger charge is -2.10. The van der Waals surface area contributed by atoms with Crippen LogP contribution in [-0.4, -0.2) is 9.55 Å². The van der Waals surface area contributed by atoms with Gasteiger partial charge in [0.15, 0.2) is 0 Å². The molecule has 3 heterocycles. The average molecular weight is 410 g/mol. The number of pyridine rings is 1. The maximum atomic E-state index is 6.49. The summed E-state index contributed by atoms with van der Waals surface area (Å²) in [5, 5.41) is 4.56. The number of aromatic nitrogens is 2. The normalized spacial score (nSPS) is 11.8. The molecule has 150 valence electrons.